The number of anilines is 1. The molecule has 1 aromatic heterocycles. The second-order valence-electron chi connectivity index (χ2n) is 9.44. The predicted octanol–water partition coefficient (Wildman–Crippen LogP) is 5.58. The van der Waals surface area contributed by atoms with Gasteiger partial charge in [0.1, 0.15) is 0 Å². The van der Waals surface area contributed by atoms with Crippen molar-refractivity contribution in [1.29, 1.82) is 0 Å². The number of carbonyl (C=O) groups is 1. The Morgan fingerprint density at radius 3 is 2.43 bits per heavy atom. The molecule has 1 unspecified atom stereocenters. The number of hydrogen-bond acceptors (Lipinski definition) is 6. The minimum atomic E-state index is -3.58. The number of carbonyl (C=O) groups excluding carboxylic acids is 1. The summed E-state index contributed by atoms with van der Waals surface area (Å²) < 4.78 is 29.1. The number of piperidine rings is 1. The van der Waals surface area contributed by atoms with Crippen LogP contribution in [0.2, 0.25) is 0 Å². The Kier molecular flexibility index (Phi) is 10.1. The summed E-state index contributed by atoms with van der Waals surface area (Å²) in [4.78, 5) is 22.7. The first kappa shape index (κ1) is 29.5. The van der Waals surface area contributed by atoms with Gasteiger partial charge < -0.3 is 4.90 Å². The Bertz CT molecular complexity index is 1310. The molecule has 0 saturated carbocycles. The molecule has 1 aliphatic rings. The highest BCUT2D eigenvalue weighted by atomic mass is 35.5. The molecule has 202 valence electrons. The van der Waals surface area contributed by atoms with Crippen LogP contribution in [0.5, 0.6) is 0 Å². The van der Waals surface area contributed by atoms with Gasteiger partial charge in [-0.25, -0.2) is 13.4 Å². The number of likely N-dealkylation sites (N-methyl/N-ethyl adjacent to an activating group) is 1. The van der Waals surface area contributed by atoms with Gasteiger partial charge in [-0.05, 0) is 81.7 Å². The third kappa shape index (κ3) is 6.52. The standard InChI is InChI=1S/C27H36N4O3S2.ClH/c1-5-29(6-2)17-18-30(27-28-24-15-10-20(3)19-25(24)35-27)26(32)22-11-13-23(14-12-22)36(33,34)31-16-8-7-9-21(31)4;/h10-15,19,21H,5-9,16-18H2,1-4H3;1H. The van der Waals surface area contributed by atoms with E-state index in [-0.39, 0.29) is 29.3 Å². The molecule has 1 aliphatic heterocycles. The second kappa shape index (κ2) is 12.7. The first-order chi connectivity index (χ1) is 17.2. The number of amides is 1. The van der Waals surface area contributed by atoms with Crippen molar-refractivity contribution >= 4 is 55.0 Å². The van der Waals surface area contributed by atoms with Gasteiger partial charge in [0, 0.05) is 31.2 Å². The maximum Gasteiger partial charge on any atom is 0.260 e. The number of fused-ring (bicyclic) bond motifs is 1. The van der Waals surface area contributed by atoms with E-state index < -0.39 is 10.0 Å². The van der Waals surface area contributed by atoms with Crippen molar-refractivity contribution in [2.45, 2.75) is 57.9 Å². The number of nitrogens with zero attached hydrogens (tertiary/aromatic N) is 4. The van der Waals surface area contributed by atoms with E-state index >= 15 is 0 Å². The van der Waals surface area contributed by atoms with Gasteiger partial charge in [0.05, 0.1) is 15.1 Å². The molecule has 37 heavy (non-hydrogen) atoms. The summed E-state index contributed by atoms with van der Waals surface area (Å²) in [7, 11) is -3.58. The Labute approximate surface area is 230 Å². The van der Waals surface area contributed by atoms with Gasteiger partial charge in [0.15, 0.2) is 5.13 Å². The summed E-state index contributed by atoms with van der Waals surface area (Å²) in [6.07, 6.45) is 2.80. The van der Waals surface area contributed by atoms with Crippen LogP contribution in [0.4, 0.5) is 5.13 Å². The molecule has 1 amide bonds. The fourth-order valence-electron chi connectivity index (χ4n) is 4.69. The largest absolute Gasteiger partial charge is 0.302 e. The van der Waals surface area contributed by atoms with Crippen LogP contribution in [0.1, 0.15) is 56.0 Å². The number of rotatable bonds is 9. The summed E-state index contributed by atoms with van der Waals surface area (Å²) in [6.45, 7) is 11.8. The molecule has 4 rings (SSSR count). The topological polar surface area (TPSA) is 73.8 Å². The van der Waals surface area contributed by atoms with Crippen LogP contribution in [0.3, 0.4) is 0 Å². The summed E-state index contributed by atoms with van der Waals surface area (Å²) in [6, 6.07) is 12.5. The minimum Gasteiger partial charge on any atom is -0.302 e. The Balaban J connectivity index is 0.00000380. The molecule has 2 heterocycles. The molecule has 1 fully saturated rings. The molecular weight excluding hydrogens is 528 g/mol. The van der Waals surface area contributed by atoms with E-state index in [4.69, 9.17) is 4.98 Å². The molecule has 3 aromatic rings. The van der Waals surface area contributed by atoms with E-state index in [2.05, 4.69) is 24.8 Å². The van der Waals surface area contributed by atoms with Crippen LogP contribution in [0.15, 0.2) is 47.4 Å². The van der Waals surface area contributed by atoms with Gasteiger partial charge in [0.2, 0.25) is 10.0 Å². The second-order valence-corrected chi connectivity index (χ2v) is 12.3. The Morgan fingerprint density at radius 2 is 1.78 bits per heavy atom. The molecule has 0 radical (unpaired) electrons. The van der Waals surface area contributed by atoms with Crippen LogP contribution in [-0.4, -0.2) is 67.3 Å². The molecule has 0 spiro atoms. The van der Waals surface area contributed by atoms with Gasteiger partial charge in [-0.2, -0.15) is 4.31 Å². The van der Waals surface area contributed by atoms with Crippen LogP contribution < -0.4 is 4.90 Å². The van der Waals surface area contributed by atoms with Crippen molar-refractivity contribution in [3.63, 3.8) is 0 Å². The van der Waals surface area contributed by atoms with E-state index in [9.17, 15) is 13.2 Å². The van der Waals surface area contributed by atoms with Crippen LogP contribution in [-0.2, 0) is 10.0 Å². The average molecular weight is 565 g/mol. The molecule has 0 aliphatic carbocycles. The zero-order chi connectivity index (χ0) is 25.9. The summed E-state index contributed by atoms with van der Waals surface area (Å²) in [5.74, 6) is -0.173. The normalized spacial score (nSPS) is 16.6. The number of benzene rings is 2. The van der Waals surface area contributed by atoms with Gasteiger partial charge in [-0.3, -0.25) is 9.69 Å². The van der Waals surface area contributed by atoms with Crippen molar-refractivity contribution in [2.75, 3.05) is 37.6 Å². The van der Waals surface area contributed by atoms with E-state index in [1.165, 1.54) is 11.3 Å². The highest BCUT2D eigenvalue weighted by Gasteiger charge is 2.31. The van der Waals surface area contributed by atoms with Gasteiger partial charge in [0.25, 0.3) is 5.91 Å². The zero-order valence-electron chi connectivity index (χ0n) is 22.0. The minimum absolute atomic E-state index is 0. The maximum atomic E-state index is 13.7. The number of thiazole rings is 1. The lowest BCUT2D eigenvalue weighted by molar-refractivity contribution is 0.0983. The zero-order valence-corrected chi connectivity index (χ0v) is 24.5. The lowest BCUT2D eigenvalue weighted by Crippen LogP contribution is -2.42. The van der Waals surface area contributed by atoms with E-state index in [0.717, 1.165) is 54.7 Å². The Morgan fingerprint density at radius 1 is 1.08 bits per heavy atom. The Hall–Kier alpha value is -2.04. The molecule has 10 heteroatoms. The van der Waals surface area contributed by atoms with Crippen molar-refractivity contribution in [2.24, 2.45) is 0 Å². The smallest absolute Gasteiger partial charge is 0.260 e. The summed E-state index contributed by atoms with van der Waals surface area (Å²) in [5.41, 5.74) is 2.48. The van der Waals surface area contributed by atoms with Gasteiger partial charge >= 0.3 is 0 Å². The summed E-state index contributed by atoms with van der Waals surface area (Å²) >= 11 is 1.51. The lowest BCUT2D eigenvalue weighted by Gasteiger charge is -2.32. The van der Waals surface area contributed by atoms with Gasteiger partial charge in [-0.1, -0.05) is 37.7 Å². The van der Waals surface area contributed by atoms with Crippen LogP contribution in [0, 0.1) is 6.92 Å². The molecular formula is C27H37ClN4O3S2. The monoisotopic (exact) mass is 564 g/mol. The number of halogens is 1. The number of hydrogen-bond donors (Lipinski definition) is 0. The van der Waals surface area contributed by atoms with E-state index in [1.807, 2.05) is 26.0 Å². The number of aryl methyl sites for hydroxylation is 1. The molecule has 1 atom stereocenters. The summed E-state index contributed by atoms with van der Waals surface area (Å²) in [5, 5.41) is 0.659. The number of aromatic nitrogens is 1. The maximum absolute atomic E-state index is 13.7. The highest BCUT2D eigenvalue weighted by molar-refractivity contribution is 7.89. The van der Waals surface area contributed by atoms with Crippen LogP contribution in [0.25, 0.3) is 10.2 Å². The predicted molar refractivity (Wildman–Crippen MR) is 155 cm³/mol. The molecule has 2 aromatic carbocycles. The van der Waals surface area contributed by atoms with Crippen molar-refractivity contribution in [3.8, 4) is 0 Å². The molecule has 0 bridgehead atoms. The fraction of sp³-hybridized carbons (Fsp3) is 0.481. The molecule has 0 N–H and O–H groups in total. The molecule has 7 nitrogen and oxygen atoms in total. The first-order valence-electron chi connectivity index (χ1n) is 12.8. The van der Waals surface area contributed by atoms with Crippen molar-refractivity contribution in [1.82, 2.24) is 14.2 Å². The molecule has 1 saturated heterocycles. The SMILES string of the molecule is CCN(CC)CCN(C(=O)c1ccc(S(=O)(=O)N2CCCCC2C)cc1)c1nc2ccc(C)cc2s1.Cl. The van der Waals surface area contributed by atoms with Gasteiger partial charge in [-0.15, -0.1) is 12.4 Å². The third-order valence-electron chi connectivity index (χ3n) is 6.99. The third-order valence-corrected chi connectivity index (χ3v) is 10.1. The van der Waals surface area contributed by atoms with E-state index in [1.54, 1.807) is 33.5 Å². The van der Waals surface area contributed by atoms with E-state index in [0.29, 0.717) is 23.8 Å². The average Bonchev–Trinajstić information content (AvgIpc) is 3.29. The first-order valence-corrected chi connectivity index (χ1v) is 15.0. The fourth-order valence-corrected chi connectivity index (χ4v) is 7.48. The number of sulfonamides is 1. The quantitative estimate of drug-likeness (QED) is 0.339. The van der Waals surface area contributed by atoms with Crippen molar-refractivity contribution < 1.29 is 13.2 Å². The highest BCUT2D eigenvalue weighted by Crippen LogP contribution is 2.31. The lowest BCUT2D eigenvalue weighted by atomic mass is 10.1. The van der Waals surface area contributed by atoms with Crippen molar-refractivity contribution in [3.05, 3.63) is 53.6 Å². The van der Waals surface area contributed by atoms with Crippen LogP contribution >= 0.6 is 23.7 Å².